The van der Waals surface area contributed by atoms with Crippen molar-refractivity contribution >= 4 is 10.0 Å². The maximum absolute atomic E-state index is 12.3. The lowest BCUT2D eigenvalue weighted by Crippen LogP contribution is -2.39. The third-order valence-electron chi connectivity index (χ3n) is 3.86. The molecule has 0 amide bonds. The molecule has 126 valence electrons. The molecule has 2 aliphatic rings. The Balaban J connectivity index is 1.62. The Morgan fingerprint density at radius 3 is 2.17 bits per heavy atom. The second-order valence-electron chi connectivity index (χ2n) is 5.60. The summed E-state index contributed by atoms with van der Waals surface area (Å²) in [5, 5.41) is 7.93. The molecule has 1 aliphatic heterocycles. The summed E-state index contributed by atoms with van der Waals surface area (Å²) >= 11 is 0. The number of benzene rings is 1. The first-order valence-corrected chi connectivity index (χ1v) is 8.48. The number of sulfonamides is 1. The first-order valence-electron chi connectivity index (χ1n) is 7.00. The van der Waals surface area contributed by atoms with Gasteiger partial charge in [0, 0.05) is 6.04 Å². The van der Waals surface area contributed by atoms with E-state index in [4.69, 9.17) is 0 Å². The highest BCUT2D eigenvalue weighted by molar-refractivity contribution is 7.89. The zero-order chi connectivity index (χ0) is 16.7. The van der Waals surface area contributed by atoms with E-state index in [9.17, 15) is 21.6 Å². The van der Waals surface area contributed by atoms with Crippen LogP contribution in [0.3, 0.4) is 0 Å². The third-order valence-corrected chi connectivity index (χ3v) is 5.40. The Morgan fingerprint density at radius 2 is 1.70 bits per heavy atom. The molecular weight excluding hydrogens is 335 g/mol. The summed E-state index contributed by atoms with van der Waals surface area (Å²) in [5.74, 6) is -0.465. The van der Waals surface area contributed by atoms with Crippen LogP contribution in [0.2, 0.25) is 0 Å². The first-order chi connectivity index (χ1) is 10.7. The van der Waals surface area contributed by atoms with Crippen LogP contribution in [0.4, 0.5) is 13.2 Å². The number of rotatable bonds is 4. The molecule has 0 bridgehead atoms. The average molecular weight is 349 g/mol. The molecule has 0 radical (unpaired) electrons. The highest BCUT2D eigenvalue weighted by Crippen LogP contribution is 2.42. The third kappa shape index (κ3) is 3.99. The molecule has 0 atom stereocenters. The van der Waals surface area contributed by atoms with Crippen LogP contribution in [0.15, 0.2) is 39.4 Å². The van der Waals surface area contributed by atoms with Crippen molar-refractivity contribution in [1.29, 1.82) is 0 Å². The minimum atomic E-state index is -4.81. The van der Waals surface area contributed by atoms with Crippen LogP contribution in [-0.4, -0.2) is 26.5 Å². The Labute approximate surface area is 130 Å². The van der Waals surface area contributed by atoms with Gasteiger partial charge in [-0.05, 0) is 49.9 Å². The standard InChI is InChI=1S/C13H14F3N3O3S/c14-13(15,16)22-10-1-3-11(4-2-10)23(20,21)17-9-5-7-12(8-6-9)18-19-12/h1-4,9,17H,5-8H2. The summed E-state index contributed by atoms with van der Waals surface area (Å²) in [5.41, 5.74) is -0.279. The molecule has 10 heteroatoms. The topological polar surface area (TPSA) is 80.1 Å². The van der Waals surface area contributed by atoms with E-state index in [1.807, 2.05) is 0 Å². The van der Waals surface area contributed by atoms with Gasteiger partial charge in [-0.3, -0.25) is 0 Å². The normalized spacial score (nSPS) is 20.7. The maximum atomic E-state index is 12.3. The van der Waals surface area contributed by atoms with Crippen LogP contribution in [0, 0.1) is 0 Å². The van der Waals surface area contributed by atoms with Crippen molar-refractivity contribution in [2.45, 2.75) is 48.6 Å². The van der Waals surface area contributed by atoms with Crippen molar-refractivity contribution in [3.05, 3.63) is 24.3 Å². The minimum Gasteiger partial charge on any atom is -0.406 e. The molecule has 0 unspecified atom stereocenters. The smallest absolute Gasteiger partial charge is 0.406 e. The van der Waals surface area contributed by atoms with Crippen molar-refractivity contribution in [1.82, 2.24) is 4.72 Å². The van der Waals surface area contributed by atoms with Gasteiger partial charge >= 0.3 is 6.36 Å². The van der Waals surface area contributed by atoms with Gasteiger partial charge in [-0.2, -0.15) is 10.2 Å². The van der Waals surface area contributed by atoms with Crippen LogP contribution in [-0.2, 0) is 10.0 Å². The summed E-state index contributed by atoms with van der Waals surface area (Å²) in [4.78, 5) is -0.104. The molecule has 1 saturated carbocycles. The van der Waals surface area contributed by atoms with Crippen molar-refractivity contribution in [3.8, 4) is 5.75 Å². The van der Waals surface area contributed by atoms with Crippen molar-refractivity contribution in [3.63, 3.8) is 0 Å². The van der Waals surface area contributed by atoms with Gasteiger partial charge in [0.15, 0.2) is 5.66 Å². The van der Waals surface area contributed by atoms with E-state index in [0.29, 0.717) is 25.7 Å². The van der Waals surface area contributed by atoms with Crippen LogP contribution in [0.5, 0.6) is 5.75 Å². The molecule has 1 N–H and O–H groups in total. The number of nitrogens with one attached hydrogen (secondary N) is 1. The molecule has 0 aromatic heterocycles. The monoisotopic (exact) mass is 349 g/mol. The van der Waals surface area contributed by atoms with Gasteiger partial charge in [0.05, 0.1) is 4.90 Å². The highest BCUT2D eigenvalue weighted by atomic mass is 32.2. The fraction of sp³-hybridized carbons (Fsp3) is 0.538. The summed E-state index contributed by atoms with van der Waals surface area (Å²) in [7, 11) is -3.79. The molecule has 0 saturated heterocycles. The summed E-state index contributed by atoms with van der Waals surface area (Å²) < 4.78 is 67.0. The SMILES string of the molecule is O=S(=O)(NC1CCC2(CC1)N=N2)c1ccc(OC(F)(F)F)cc1. The van der Waals surface area contributed by atoms with Gasteiger partial charge in [0.2, 0.25) is 10.0 Å². The lowest BCUT2D eigenvalue weighted by molar-refractivity contribution is -0.274. The number of hydrogen-bond donors (Lipinski definition) is 1. The number of hydrogen-bond acceptors (Lipinski definition) is 5. The summed E-state index contributed by atoms with van der Waals surface area (Å²) in [6, 6.07) is 3.89. The van der Waals surface area contributed by atoms with E-state index in [2.05, 4.69) is 19.7 Å². The fourth-order valence-electron chi connectivity index (χ4n) is 2.58. The van der Waals surface area contributed by atoms with Crippen molar-refractivity contribution in [2.75, 3.05) is 0 Å². The Hall–Kier alpha value is -1.68. The molecule has 1 fully saturated rings. The predicted molar refractivity (Wildman–Crippen MR) is 73.3 cm³/mol. The lowest BCUT2D eigenvalue weighted by Gasteiger charge is -2.26. The zero-order valence-electron chi connectivity index (χ0n) is 11.9. The van der Waals surface area contributed by atoms with E-state index in [1.165, 1.54) is 0 Å². The maximum Gasteiger partial charge on any atom is 0.573 e. The molecule has 1 aromatic rings. The molecule has 1 aromatic carbocycles. The summed E-state index contributed by atoms with van der Waals surface area (Å²) in [6.45, 7) is 0. The molecule has 3 rings (SSSR count). The van der Waals surface area contributed by atoms with Crippen LogP contribution >= 0.6 is 0 Å². The zero-order valence-corrected chi connectivity index (χ0v) is 12.7. The minimum absolute atomic E-state index is 0.104. The molecular formula is C13H14F3N3O3S. The molecule has 6 nitrogen and oxygen atoms in total. The van der Waals surface area contributed by atoms with Gasteiger partial charge in [-0.1, -0.05) is 0 Å². The van der Waals surface area contributed by atoms with Crippen LogP contribution in [0.25, 0.3) is 0 Å². The van der Waals surface area contributed by atoms with Gasteiger partial charge in [-0.15, -0.1) is 13.2 Å². The second kappa shape index (κ2) is 5.45. The quantitative estimate of drug-likeness (QED) is 0.907. The number of nitrogens with zero attached hydrogens (tertiary/aromatic N) is 2. The van der Waals surface area contributed by atoms with Gasteiger partial charge in [0.1, 0.15) is 5.75 Å². The van der Waals surface area contributed by atoms with Crippen molar-refractivity contribution < 1.29 is 26.3 Å². The molecule has 23 heavy (non-hydrogen) atoms. The van der Waals surface area contributed by atoms with Crippen molar-refractivity contribution in [2.24, 2.45) is 10.2 Å². The fourth-order valence-corrected chi connectivity index (χ4v) is 3.88. The Kier molecular flexibility index (Phi) is 3.83. The molecule has 1 spiro atoms. The summed E-state index contributed by atoms with van der Waals surface area (Å²) in [6.07, 6.45) is -2.14. The number of alkyl halides is 3. The van der Waals surface area contributed by atoms with E-state index >= 15 is 0 Å². The lowest BCUT2D eigenvalue weighted by atomic mass is 9.89. The van der Waals surface area contributed by atoms with E-state index in [1.54, 1.807) is 0 Å². The predicted octanol–water partition coefficient (Wildman–Crippen LogP) is 2.97. The van der Waals surface area contributed by atoms with Gasteiger partial charge < -0.3 is 4.74 Å². The van der Waals surface area contributed by atoms with Crippen LogP contribution in [0.1, 0.15) is 25.7 Å². The van der Waals surface area contributed by atoms with Gasteiger partial charge in [0.25, 0.3) is 0 Å². The van der Waals surface area contributed by atoms with Crippen LogP contribution < -0.4 is 9.46 Å². The van der Waals surface area contributed by atoms with Gasteiger partial charge in [-0.25, -0.2) is 13.1 Å². The Bertz CT molecular complexity index is 700. The number of halogens is 3. The number of ether oxygens (including phenoxy) is 1. The average Bonchev–Trinajstić information content (AvgIpc) is 3.20. The first kappa shape index (κ1) is 16.2. The largest absolute Gasteiger partial charge is 0.573 e. The van der Waals surface area contributed by atoms with E-state index in [-0.39, 0.29) is 16.6 Å². The second-order valence-corrected chi connectivity index (χ2v) is 7.31. The highest BCUT2D eigenvalue weighted by Gasteiger charge is 2.43. The Morgan fingerprint density at radius 1 is 1.13 bits per heavy atom. The molecule has 1 aliphatic carbocycles. The molecule has 1 heterocycles. The van der Waals surface area contributed by atoms with E-state index < -0.39 is 22.1 Å². The van der Waals surface area contributed by atoms with E-state index in [0.717, 1.165) is 24.3 Å².